The molecular weight excluding hydrogens is 306 g/mol. The zero-order valence-electron chi connectivity index (χ0n) is 10.9. The van der Waals surface area contributed by atoms with E-state index in [0.717, 1.165) is 27.2 Å². The molecule has 19 heavy (non-hydrogen) atoms. The molecule has 0 spiro atoms. The first-order valence-corrected chi connectivity index (χ1v) is 6.72. The van der Waals surface area contributed by atoms with Gasteiger partial charge in [-0.1, -0.05) is 22.0 Å². The lowest BCUT2D eigenvalue weighted by Crippen LogP contribution is -2.02. The topological polar surface area (TPSA) is 30.5 Å². The monoisotopic (exact) mass is 321 g/mol. The van der Waals surface area contributed by atoms with Gasteiger partial charge in [0.25, 0.3) is 0 Å². The van der Waals surface area contributed by atoms with Gasteiger partial charge in [0.1, 0.15) is 11.5 Å². The third kappa shape index (κ3) is 3.64. The molecule has 0 radical (unpaired) electrons. The van der Waals surface area contributed by atoms with Crippen LogP contribution in [0.25, 0.3) is 0 Å². The summed E-state index contributed by atoms with van der Waals surface area (Å²) in [5.41, 5.74) is 2.15. The lowest BCUT2D eigenvalue weighted by atomic mass is 10.2. The van der Waals surface area contributed by atoms with Crippen LogP contribution in [-0.4, -0.2) is 14.2 Å². The molecule has 0 amide bonds. The van der Waals surface area contributed by atoms with Crippen LogP contribution in [0.2, 0.25) is 0 Å². The Morgan fingerprint density at radius 1 is 1.05 bits per heavy atom. The molecule has 100 valence electrons. The van der Waals surface area contributed by atoms with E-state index in [4.69, 9.17) is 9.47 Å². The quantitative estimate of drug-likeness (QED) is 0.900. The van der Waals surface area contributed by atoms with Gasteiger partial charge in [-0.05, 0) is 30.3 Å². The number of hydrogen-bond donors (Lipinski definition) is 1. The van der Waals surface area contributed by atoms with Gasteiger partial charge >= 0.3 is 0 Å². The summed E-state index contributed by atoms with van der Waals surface area (Å²) in [6.45, 7) is 0.698. The first-order valence-electron chi connectivity index (χ1n) is 5.93. The third-order valence-electron chi connectivity index (χ3n) is 2.80. The predicted molar refractivity (Wildman–Crippen MR) is 81.0 cm³/mol. The summed E-state index contributed by atoms with van der Waals surface area (Å²) in [6.07, 6.45) is 0. The number of anilines is 1. The number of halogens is 1. The molecule has 3 nitrogen and oxygen atoms in total. The molecule has 2 aromatic carbocycles. The Balaban J connectivity index is 2.11. The van der Waals surface area contributed by atoms with Gasteiger partial charge in [-0.25, -0.2) is 0 Å². The van der Waals surface area contributed by atoms with E-state index in [9.17, 15) is 0 Å². The highest BCUT2D eigenvalue weighted by Gasteiger charge is 2.04. The summed E-state index contributed by atoms with van der Waals surface area (Å²) in [5.74, 6) is 1.62. The fourth-order valence-corrected chi connectivity index (χ4v) is 2.19. The summed E-state index contributed by atoms with van der Waals surface area (Å²) in [5, 5.41) is 3.36. The van der Waals surface area contributed by atoms with Crippen LogP contribution in [0.3, 0.4) is 0 Å². The number of benzene rings is 2. The number of hydrogen-bond acceptors (Lipinski definition) is 3. The standard InChI is InChI=1S/C15H16BrNO2/c1-18-14-7-6-11(15(9-14)19-2)10-17-13-5-3-4-12(16)8-13/h3-9,17H,10H2,1-2H3. The Kier molecular flexibility index (Phi) is 4.68. The Hall–Kier alpha value is -1.68. The van der Waals surface area contributed by atoms with Crippen molar-refractivity contribution in [1.82, 2.24) is 0 Å². The summed E-state index contributed by atoms with van der Waals surface area (Å²) < 4.78 is 11.6. The van der Waals surface area contributed by atoms with E-state index in [2.05, 4.69) is 21.2 Å². The molecular formula is C15H16BrNO2. The van der Waals surface area contributed by atoms with Crippen molar-refractivity contribution in [1.29, 1.82) is 0 Å². The van der Waals surface area contributed by atoms with E-state index in [1.807, 2.05) is 42.5 Å². The normalized spacial score (nSPS) is 10.1. The van der Waals surface area contributed by atoms with Gasteiger partial charge in [-0.2, -0.15) is 0 Å². The van der Waals surface area contributed by atoms with Crippen LogP contribution in [0.15, 0.2) is 46.9 Å². The largest absolute Gasteiger partial charge is 0.497 e. The second-order valence-electron chi connectivity index (χ2n) is 4.04. The molecule has 4 heteroatoms. The Labute approximate surface area is 121 Å². The van der Waals surface area contributed by atoms with E-state index < -0.39 is 0 Å². The molecule has 0 atom stereocenters. The number of methoxy groups -OCH3 is 2. The molecule has 0 fully saturated rings. The van der Waals surface area contributed by atoms with Crippen LogP contribution >= 0.6 is 15.9 Å². The second-order valence-corrected chi connectivity index (χ2v) is 4.96. The molecule has 0 heterocycles. The fraction of sp³-hybridized carbons (Fsp3) is 0.200. The summed E-state index contributed by atoms with van der Waals surface area (Å²) in [4.78, 5) is 0. The maximum absolute atomic E-state index is 5.37. The molecule has 0 bridgehead atoms. The number of nitrogens with one attached hydrogen (secondary N) is 1. The molecule has 0 aliphatic heterocycles. The van der Waals surface area contributed by atoms with E-state index in [0.29, 0.717) is 6.54 Å². The highest BCUT2D eigenvalue weighted by molar-refractivity contribution is 9.10. The smallest absolute Gasteiger partial charge is 0.127 e. The van der Waals surface area contributed by atoms with Crippen LogP contribution in [-0.2, 0) is 6.54 Å². The van der Waals surface area contributed by atoms with Gasteiger partial charge in [-0.15, -0.1) is 0 Å². The first kappa shape index (κ1) is 13.7. The molecule has 0 unspecified atom stereocenters. The minimum atomic E-state index is 0.698. The summed E-state index contributed by atoms with van der Waals surface area (Å²) in [7, 11) is 3.31. The van der Waals surface area contributed by atoms with Gasteiger partial charge in [0.05, 0.1) is 14.2 Å². The SMILES string of the molecule is COc1ccc(CNc2cccc(Br)c2)c(OC)c1. The van der Waals surface area contributed by atoms with E-state index in [-0.39, 0.29) is 0 Å². The molecule has 0 aliphatic carbocycles. The van der Waals surface area contributed by atoms with Gasteiger partial charge in [0, 0.05) is 28.3 Å². The average molecular weight is 322 g/mol. The van der Waals surface area contributed by atoms with Crippen LogP contribution in [0.1, 0.15) is 5.56 Å². The minimum absolute atomic E-state index is 0.698. The maximum atomic E-state index is 5.37. The summed E-state index contributed by atoms with van der Waals surface area (Å²) >= 11 is 3.45. The zero-order chi connectivity index (χ0) is 13.7. The van der Waals surface area contributed by atoms with Crippen LogP contribution in [0, 0.1) is 0 Å². The Bertz CT molecular complexity index is 558. The zero-order valence-corrected chi connectivity index (χ0v) is 12.5. The van der Waals surface area contributed by atoms with Gasteiger partial charge in [0.15, 0.2) is 0 Å². The summed E-state index contributed by atoms with van der Waals surface area (Å²) in [6, 6.07) is 13.9. The van der Waals surface area contributed by atoms with E-state index in [1.54, 1.807) is 14.2 Å². The Morgan fingerprint density at radius 3 is 2.58 bits per heavy atom. The highest BCUT2D eigenvalue weighted by atomic mass is 79.9. The minimum Gasteiger partial charge on any atom is -0.497 e. The van der Waals surface area contributed by atoms with Crippen molar-refractivity contribution in [3.8, 4) is 11.5 Å². The number of rotatable bonds is 5. The molecule has 2 rings (SSSR count). The Morgan fingerprint density at radius 2 is 1.89 bits per heavy atom. The van der Waals surface area contributed by atoms with E-state index in [1.165, 1.54) is 0 Å². The molecule has 2 aromatic rings. The van der Waals surface area contributed by atoms with Crippen LogP contribution in [0.4, 0.5) is 5.69 Å². The predicted octanol–water partition coefficient (Wildman–Crippen LogP) is 4.08. The number of ether oxygens (including phenoxy) is 2. The molecule has 0 aliphatic rings. The maximum Gasteiger partial charge on any atom is 0.127 e. The third-order valence-corrected chi connectivity index (χ3v) is 3.30. The lowest BCUT2D eigenvalue weighted by Gasteiger charge is -2.12. The molecule has 1 N–H and O–H groups in total. The molecule has 0 aromatic heterocycles. The van der Waals surface area contributed by atoms with Crippen molar-refractivity contribution in [2.45, 2.75) is 6.54 Å². The average Bonchev–Trinajstić information content (AvgIpc) is 2.45. The highest BCUT2D eigenvalue weighted by Crippen LogP contribution is 2.25. The van der Waals surface area contributed by atoms with Crippen molar-refractivity contribution in [3.05, 3.63) is 52.5 Å². The van der Waals surface area contributed by atoms with Crippen molar-refractivity contribution in [2.75, 3.05) is 19.5 Å². The lowest BCUT2D eigenvalue weighted by molar-refractivity contribution is 0.391. The van der Waals surface area contributed by atoms with E-state index >= 15 is 0 Å². The van der Waals surface area contributed by atoms with Gasteiger partial charge in [-0.3, -0.25) is 0 Å². The van der Waals surface area contributed by atoms with Crippen LogP contribution in [0.5, 0.6) is 11.5 Å². The van der Waals surface area contributed by atoms with Crippen molar-refractivity contribution >= 4 is 21.6 Å². The van der Waals surface area contributed by atoms with Gasteiger partial charge < -0.3 is 14.8 Å². The van der Waals surface area contributed by atoms with Crippen molar-refractivity contribution in [2.24, 2.45) is 0 Å². The fourth-order valence-electron chi connectivity index (χ4n) is 1.79. The second kappa shape index (κ2) is 6.48. The molecule has 0 saturated heterocycles. The first-order chi connectivity index (χ1) is 9.22. The van der Waals surface area contributed by atoms with Crippen molar-refractivity contribution in [3.63, 3.8) is 0 Å². The van der Waals surface area contributed by atoms with Crippen molar-refractivity contribution < 1.29 is 9.47 Å². The molecule has 0 saturated carbocycles. The van der Waals surface area contributed by atoms with Crippen LogP contribution < -0.4 is 14.8 Å². The van der Waals surface area contributed by atoms with Gasteiger partial charge in [0.2, 0.25) is 0 Å².